The lowest BCUT2D eigenvalue weighted by molar-refractivity contribution is 0.614. The van der Waals surface area contributed by atoms with Crippen LogP contribution < -0.4 is 5.32 Å². The van der Waals surface area contributed by atoms with Crippen molar-refractivity contribution in [2.75, 3.05) is 13.6 Å². The van der Waals surface area contributed by atoms with Crippen LogP contribution in [-0.4, -0.2) is 13.6 Å². The molecule has 0 radical (unpaired) electrons. The fourth-order valence-electron chi connectivity index (χ4n) is 1.12. The molecule has 1 nitrogen and oxygen atoms in total. The first-order valence-corrected chi connectivity index (χ1v) is 5.00. The van der Waals surface area contributed by atoms with E-state index in [1.54, 1.807) is 0 Å². The number of rotatable bonds is 7. The maximum Gasteiger partial charge on any atom is -0.00519 e. The van der Waals surface area contributed by atoms with Gasteiger partial charge in [0.2, 0.25) is 0 Å². The van der Waals surface area contributed by atoms with E-state index in [-0.39, 0.29) is 0 Å². The van der Waals surface area contributed by atoms with Crippen LogP contribution in [0.1, 0.15) is 39.5 Å². The summed E-state index contributed by atoms with van der Waals surface area (Å²) in [5, 5.41) is 3.16. The van der Waals surface area contributed by atoms with E-state index in [2.05, 4.69) is 25.7 Å². The maximum absolute atomic E-state index is 4.06. The van der Waals surface area contributed by atoms with Crippen LogP contribution in [0.15, 0.2) is 12.2 Å². The smallest absolute Gasteiger partial charge is 0.00519 e. The predicted molar refractivity (Wildman–Crippen MR) is 56.4 cm³/mol. The molecule has 0 aromatic heterocycles. The second-order valence-corrected chi connectivity index (χ2v) is 3.73. The molecule has 0 fully saturated rings. The van der Waals surface area contributed by atoms with E-state index in [1.165, 1.54) is 31.3 Å². The normalized spacial score (nSPS) is 10.7. The highest BCUT2D eigenvalue weighted by molar-refractivity contribution is 4.96. The van der Waals surface area contributed by atoms with Crippen LogP contribution in [0.2, 0.25) is 0 Å². The Bertz CT molecular complexity index is 116. The lowest BCUT2D eigenvalue weighted by Crippen LogP contribution is -2.07. The summed E-state index contributed by atoms with van der Waals surface area (Å²) >= 11 is 0. The zero-order valence-electron chi connectivity index (χ0n) is 8.82. The van der Waals surface area contributed by atoms with Gasteiger partial charge in [-0.1, -0.05) is 32.4 Å². The minimum atomic E-state index is 0.661. The molecule has 0 saturated heterocycles. The van der Waals surface area contributed by atoms with E-state index in [1.807, 2.05) is 7.05 Å². The second kappa shape index (κ2) is 7.35. The van der Waals surface area contributed by atoms with Gasteiger partial charge in [-0.25, -0.2) is 0 Å². The van der Waals surface area contributed by atoms with E-state index < -0.39 is 0 Å². The lowest BCUT2D eigenvalue weighted by Gasteiger charge is -2.08. The fourth-order valence-corrected chi connectivity index (χ4v) is 1.12. The average Bonchev–Trinajstić information content (AvgIpc) is 2.03. The number of allylic oxidation sites excluding steroid dienone is 1. The van der Waals surface area contributed by atoms with Crippen molar-refractivity contribution in [2.45, 2.75) is 39.5 Å². The summed E-state index contributed by atoms with van der Waals surface area (Å²) in [6.07, 6.45) is 5.13. The zero-order chi connectivity index (χ0) is 9.40. The highest BCUT2D eigenvalue weighted by atomic mass is 14.8. The summed E-state index contributed by atoms with van der Waals surface area (Å²) < 4.78 is 0. The minimum absolute atomic E-state index is 0.661. The van der Waals surface area contributed by atoms with Crippen molar-refractivity contribution >= 4 is 0 Å². The van der Waals surface area contributed by atoms with Gasteiger partial charge in [-0.15, -0.1) is 0 Å². The molecule has 0 heterocycles. The average molecular weight is 169 g/mol. The van der Waals surface area contributed by atoms with Crippen LogP contribution in [0, 0.1) is 5.92 Å². The van der Waals surface area contributed by atoms with Crippen molar-refractivity contribution < 1.29 is 0 Å². The molecule has 12 heavy (non-hydrogen) atoms. The molecule has 1 N–H and O–H groups in total. The van der Waals surface area contributed by atoms with E-state index in [9.17, 15) is 0 Å². The molecule has 0 aliphatic heterocycles. The van der Waals surface area contributed by atoms with Gasteiger partial charge in [0, 0.05) is 0 Å². The molecule has 1 heteroatoms. The lowest BCUT2D eigenvalue weighted by atomic mass is 9.99. The SMILES string of the molecule is C=C(CCCCCNC)C(C)C. The van der Waals surface area contributed by atoms with E-state index >= 15 is 0 Å². The van der Waals surface area contributed by atoms with Crippen molar-refractivity contribution in [2.24, 2.45) is 5.92 Å². The molecule has 0 atom stereocenters. The molecule has 0 aliphatic rings. The Balaban J connectivity index is 3.14. The van der Waals surface area contributed by atoms with Gasteiger partial charge in [-0.2, -0.15) is 0 Å². The van der Waals surface area contributed by atoms with E-state index in [4.69, 9.17) is 0 Å². The first kappa shape index (κ1) is 11.7. The summed E-state index contributed by atoms with van der Waals surface area (Å²) in [5.74, 6) is 0.661. The molecular formula is C11H23N. The van der Waals surface area contributed by atoms with Crippen LogP contribution in [0.5, 0.6) is 0 Å². The molecule has 0 aliphatic carbocycles. The minimum Gasteiger partial charge on any atom is -0.320 e. The van der Waals surface area contributed by atoms with E-state index in [0.717, 1.165) is 6.54 Å². The van der Waals surface area contributed by atoms with Gasteiger partial charge in [0.05, 0.1) is 0 Å². The van der Waals surface area contributed by atoms with Crippen molar-refractivity contribution in [1.82, 2.24) is 5.32 Å². The molecule has 0 unspecified atom stereocenters. The molecule has 0 aromatic carbocycles. The van der Waals surface area contributed by atoms with Gasteiger partial charge in [0.1, 0.15) is 0 Å². The molecule has 0 amide bonds. The summed E-state index contributed by atoms with van der Waals surface area (Å²) in [4.78, 5) is 0. The van der Waals surface area contributed by atoms with Crippen molar-refractivity contribution in [3.63, 3.8) is 0 Å². The Hall–Kier alpha value is -0.300. The summed E-state index contributed by atoms with van der Waals surface area (Å²) in [5.41, 5.74) is 1.40. The summed E-state index contributed by atoms with van der Waals surface area (Å²) in [6, 6.07) is 0. The fraction of sp³-hybridized carbons (Fsp3) is 0.818. The third-order valence-electron chi connectivity index (χ3n) is 2.24. The first-order chi connectivity index (χ1) is 5.68. The molecular weight excluding hydrogens is 146 g/mol. The molecule has 0 bridgehead atoms. The largest absolute Gasteiger partial charge is 0.320 e. The highest BCUT2D eigenvalue weighted by Gasteiger charge is 1.98. The van der Waals surface area contributed by atoms with Crippen molar-refractivity contribution in [1.29, 1.82) is 0 Å². The number of hydrogen-bond acceptors (Lipinski definition) is 1. The number of hydrogen-bond donors (Lipinski definition) is 1. The van der Waals surface area contributed by atoms with Gasteiger partial charge < -0.3 is 5.32 Å². The Morgan fingerprint density at radius 3 is 2.42 bits per heavy atom. The summed E-state index contributed by atoms with van der Waals surface area (Å²) in [6.45, 7) is 9.64. The van der Waals surface area contributed by atoms with Gasteiger partial charge in [-0.3, -0.25) is 0 Å². The monoisotopic (exact) mass is 169 g/mol. The quantitative estimate of drug-likeness (QED) is 0.456. The Morgan fingerprint density at radius 1 is 1.25 bits per heavy atom. The molecule has 0 rings (SSSR count). The molecule has 0 spiro atoms. The van der Waals surface area contributed by atoms with Crippen LogP contribution in [0.4, 0.5) is 0 Å². The Labute approximate surface area is 77.2 Å². The van der Waals surface area contributed by atoms with Gasteiger partial charge in [0.25, 0.3) is 0 Å². The third-order valence-corrected chi connectivity index (χ3v) is 2.24. The van der Waals surface area contributed by atoms with Gasteiger partial charge in [-0.05, 0) is 38.8 Å². The van der Waals surface area contributed by atoms with Gasteiger partial charge in [0.15, 0.2) is 0 Å². The zero-order valence-corrected chi connectivity index (χ0v) is 8.82. The highest BCUT2D eigenvalue weighted by Crippen LogP contribution is 2.14. The topological polar surface area (TPSA) is 12.0 Å². The Kier molecular flexibility index (Phi) is 7.17. The Morgan fingerprint density at radius 2 is 1.92 bits per heavy atom. The molecule has 0 aromatic rings. The van der Waals surface area contributed by atoms with Gasteiger partial charge >= 0.3 is 0 Å². The third kappa shape index (κ3) is 6.41. The predicted octanol–water partition coefficient (Wildman–Crippen LogP) is 2.98. The number of nitrogens with one attached hydrogen (secondary N) is 1. The van der Waals surface area contributed by atoms with Crippen LogP contribution in [0.25, 0.3) is 0 Å². The van der Waals surface area contributed by atoms with Crippen LogP contribution >= 0.6 is 0 Å². The maximum atomic E-state index is 4.06. The van der Waals surface area contributed by atoms with Crippen molar-refractivity contribution in [3.05, 3.63) is 12.2 Å². The second-order valence-electron chi connectivity index (χ2n) is 3.73. The first-order valence-electron chi connectivity index (χ1n) is 5.00. The number of unbranched alkanes of at least 4 members (excludes halogenated alkanes) is 2. The van der Waals surface area contributed by atoms with Crippen LogP contribution in [0.3, 0.4) is 0 Å². The summed E-state index contributed by atoms with van der Waals surface area (Å²) in [7, 11) is 2.01. The molecule has 72 valence electrons. The van der Waals surface area contributed by atoms with Crippen molar-refractivity contribution in [3.8, 4) is 0 Å². The standard InChI is InChI=1S/C11H23N/c1-10(2)11(3)8-6-5-7-9-12-4/h10,12H,3,5-9H2,1-2,4H3. The van der Waals surface area contributed by atoms with E-state index in [0.29, 0.717) is 5.92 Å². The molecule has 0 saturated carbocycles. The van der Waals surface area contributed by atoms with Crippen LogP contribution in [-0.2, 0) is 0 Å².